The van der Waals surface area contributed by atoms with Gasteiger partial charge in [-0.3, -0.25) is 19.3 Å². The van der Waals surface area contributed by atoms with E-state index in [0.29, 0.717) is 22.0 Å². The lowest BCUT2D eigenvalue weighted by molar-refractivity contribution is -0.122. The number of para-hydroxylation sites is 1. The second-order valence-corrected chi connectivity index (χ2v) is 9.94. The maximum absolute atomic E-state index is 13.1. The van der Waals surface area contributed by atoms with Crippen molar-refractivity contribution in [3.8, 4) is 22.0 Å². The first kappa shape index (κ1) is 24.5. The van der Waals surface area contributed by atoms with Crippen molar-refractivity contribution in [3.05, 3.63) is 94.3 Å². The number of methoxy groups -OCH3 is 1. The lowest BCUT2D eigenvalue weighted by atomic mass is 10.2. The highest BCUT2D eigenvalue weighted by molar-refractivity contribution is 8.18. The zero-order chi connectivity index (χ0) is 25.8. The summed E-state index contributed by atoms with van der Waals surface area (Å²) in [5, 5.41) is 9.06. The van der Waals surface area contributed by atoms with E-state index in [0.717, 1.165) is 32.8 Å². The maximum Gasteiger partial charge on any atom is 0.293 e. The molecule has 0 radical (unpaired) electrons. The van der Waals surface area contributed by atoms with Crippen molar-refractivity contribution in [3.63, 3.8) is 0 Å². The van der Waals surface area contributed by atoms with Crippen LogP contribution in [0.2, 0.25) is 0 Å². The highest BCUT2D eigenvalue weighted by Crippen LogP contribution is 2.32. The number of hydrogen-bond donors (Lipinski definition) is 1. The summed E-state index contributed by atoms with van der Waals surface area (Å²) in [6, 6.07) is 22.2. The molecule has 0 saturated carbocycles. The molecule has 1 N–H and O–H groups in total. The van der Waals surface area contributed by atoms with Gasteiger partial charge in [0.05, 0.1) is 22.6 Å². The van der Waals surface area contributed by atoms with Gasteiger partial charge in [-0.1, -0.05) is 36.4 Å². The van der Waals surface area contributed by atoms with Gasteiger partial charge in [0.1, 0.15) is 17.1 Å². The first-order valence-electron chi connectivity index (χ1n) is 11.4. The van der Waals surface area contributed by atoms with Gasteiger partial charge in [-0.15, -0.1) is 11.3 Å². The van der Waals surface area contributed by atoms with E-state index < -0.39 is 0 Å². The summed E-state index contributed by atoms with van der Waals surface area (Å²) in [4.78, 5) is 40.9. The number of ether oxygens (including phenoxy) is 1. The van der Waals surface area contributed by atoms with Gasteiger partial charge in [-0.05, 0) is 65.2 Å². The van der Waals surface area contributed by atoms with Crippen LogP contribution in [0.1, 0.15) is 16.1 Å². The van der Waals surface area contributed by atoms with Gasteiger partial charge in [0.2, 0.25) is 0 Å². The van der Waals surface area contributed by atoms with Crippen LogP contribution in [0.4, 0.5) is 4.79 Å². The Balaban J connectivity index is 1.27. The van der Waals surface area contributed by atoms with E-state index >= 15 is 0 Å². The van der Waals surface area contributed by atoms with Gasteiger partial charge in [-0.2, -0.15) is 5.10 Å². The number of benzene rings is 2. The van der Waals surface area contributed by atoms with Crippen LogP contribution in [-0.4, -0.2) is 51.9 Å². The Morgan fingerprint density at radius 3 is 2.54 bits per heavy atom. The summed E-state index contributed by atoms with van der Waals surface area (Å²) in [7, 11) is 1.58. The van der Waals surface area contributed by atoms with Crippen LogP contribution in [0.5, 0.6) is 5.75 Å². The topological polar surface area (TPSA) is 93.5 Å². The average Bonchev–Trinajstić information content (AvgIpc) is 3.66. The molecule has 3 heterocycles. The minimum Gasteiger partial charge on any atom is -0.497 e. The molecule has 1 aliphatic rings. The Morgan fingerprint density at radius 1 is 1.05 bits per heavy atom. The zero-order valence-corrected chi connectivity index (χ0v) is 21.4. The number of nitrogens with one attached hydrogen (secondary N) is 1. The Bertz CT molecular complexity index is 1460. The number of imide groups is 1. The first-order valence-corrected chi connectivity index (χ1v) is 13.1. The summed E-state index contributed by atoms with van der Waals surface area (Å²) in [6.45, 7) is 0.175. The molecule has 186 valence electrons. The predicted octanol–water partition coefficient (Wildman–Crippen LogP) is 5.08. The smallest absolute Gasteiger partial charge is 0.293 e. The van der Waals surface area contributed by atoms with E-state index in [1.807, 2.05) is 60.0 Å². The largest absolute Gasteiger partial charge is 0.497 e. The van der Waals surface area contributed by atoms with Gasteiger partial charge in [-0.25, -0.2) is 4.68 Å². The van der Waals surface area contributed by atoms with Crippen molar-refractivity contribution in [2.75, 3.05) is 20.2 Å². The third kappa shape index (κ3) is 5.35. The first-order chi connectivity index (χ1) is 18.0. The molecular weight excluding hydrogens is 508 g/mol. The third-order valence-corrected chi connectivity index (χ3v) is 7.42. The van der Waals surface area contributed by atoms with Gasteiger partial charge in [0.25, 0.3) is 17.1 Å². The molecule has 3 amide bonds. The van der Waals surface area contributed by atoms with Gasteiger partial charge in [0.15, 0.2) is 0 Å². The fourth-order valence-electron chi connectivity index (χ4n) is 3.77. The summed E-state index contributed by atoms with van der Waals surface area (Å²) < 4.78 is 6.75. The molecule has 8 nitrogen and oxygen atoms in total. The molecule has 5 rings (SSSR count). The van der Waals surface area contributed by atoms with Crippen molar-refractivity contribution < 1.29 is 19.1 Å². The Hall–Kier alpha value is -4.15. The molecule has 4 aromatic rings. The maximum atomic E-state index is 13.1. The molecule has 1 aliphatic heterocycles. The lowest BCUT2D eigenvalue weighted by Gasteiger charge is -2.13. The summed E-state index contributed by atoms with van der Waals surface area (Å²) in [6.07, 6.45) is 1.67. The van der Waals surface area contributed by atoms with Crippen LogP contribution in [0.15, 0.2) is 83.1 Å². The van der Waals surface area contributed by atoms with E-state index in [-0.39, 0.29) is 30.1 Å². The fourth-order valence-corrected chi connectivity index (χ4v) is 5.32. The molecule has 2 aromatic carbocycles. The molecule has 2 aromatic heterocycles. The molecule has 1 saturated heterocycles. The van der Waals surface area contributed by atoms with Crippen LogP contribution >= 0.6 is 23.1 Å². The van der Waals surface area contributed by atoms with Gasteiger partial charge >= 0.3 is 0 Å². The molecule has 0 spiro atoms. The third-order valence-electron chi connectivity index (χ3n) is 5.62. The Labute approximate surface area is 221 Å². The SMILES string of the molecule is COc1ccc(/C=C2\SC(=O)N(CCNC(=O)c3cc(-c4cccs4)nn3-c3ccccc3)C2=O)cc1. The quantitative estimate of drug-likeness (QED) is 0.320. The minimum atomic E-state index is -0.380. The van der Waals surface area contributed by atoms with Crippen molar-refractivity contribution in [2.24, 2.45) is 0 Å². The van der Waals surface area contributed by atoms with E-state index in [9.17, 15) is 14.4 Å². The average molecular weight is 531 g/mol. The molecule has 10 heteroatoms. The number of thioether (sulfide) groups is 1. The van der Waals surface area contributed by atoms with Crippen LogP contribution in [-0.2, 0) is 4.79 Å². The van der Waals surface area contributed by atoms with E-state index in [2.05, 4.69) is 10.4 Å². The normalized spacial score (nSPS) is 14.4. The van der Waals surface area contributed by atoms with Gasteiger partial charge in [0, 0.05) is 13.1 Å². The molecule has 0 bridgehead atoms. The summed E-state index contributed by atoms with van der Waals surface area (Å²) in [5.74, 6) is -0.0219. The second-order valence-electron chi connectivity index (χ2n) is 8.00. The molecule has 37 heavy (non-hydrogen) atoms. The molecule has 0 atom stereocenters. The minimum absolute atomic E-state index is 0.0631. The highest BCUT2D eigenvalue weighted by atomic mass is 32.2. The van der Waals surface area contributed by atoms with Crippen LogP contribution in [0, 0.1) is 0 Å². The lowest BCUT2D eigenvalue weighted by Crippen LogP contribution is -2.37. The standard InChI is InChI=1S/C27H22N4O4S2/c1-35-20-11-9-18(10-12-20)16-24-26(33)30(27(34)37-24)14-13-28-25(32)22-17-21(23-8-5-15-36-23)29-31(22)19-6-3-2-4-7-19/h2-12,15-17H,13-14H2,1H3,(H,28,32)/b24-16-. The number of carbonyl (C=O) groups excluding carboxylic acids is 3. The number of carbonyl (C=O) groups is 3. The number of nitrogens with zero attached hydrogens (tertiary/aromatic N) is 3. The Kier molecular flexibility index (Phi) is 7.20. The molecule has 0 aliphatic carbocycles. The van der Waals surface area contributed by atoms with Gasteiger partial charge < -0.3 is 10.1 Å². The van der Waals surface area contributed by atoms with Crippen molar-refractivity contribution in [1.29, 1.82) is 0 Å². The summed E-state index contributed by atoms with van der Waals surface area (Å²) in [5.41, 5.74) is 2.60. The predicted molar refractivity (Wildman–Crippen MR) is 145 cm³/mol. The van der Waals surface area contributed by atoms with Crippen LogP contribution < -0.4 is 10.1 Å². The van der Waals surface area contributed by atoms with Crippen LogP contribution in [0.25, 0.3) is 22.3 Å². The Morgan fingerprint density at radius 2 is 1.84 bits per heavy atom. The number of rotatable bonds is 8. The van der Waals surface area contributed by atoms with Crippen molar-refractivity contribution in [1.82, 2.24) is 20.0 Å². The monoisotopic (exact) mass is 530 g/mol. The number of amides is 3. The number of aromatic nitrogens is 2. The molecule has 1 fully saturated rings. The number of thiophene rings is 1. The zero-order valence-electron chi connectivity index (χ0n) is 19.8. The van der Waals surface area contributed by atoms with Crippen molar-refractivity contribution >= 4 is 46.2 Å². The van der Waals surface area contributed by atoms with Crippen LogP contribution in [0.3, 0.4) is 0 Å². The highest BCUT2D eigenvalue weighted by Gasteiger charge is 2.34. The van der Waals surface area contributed by atoms with E-state index in [1.54, 1.807) is 36.1 Å². The van der Waals surface area contributed by atoms with E-state index in [1.165, 1.54) is 11.3 Å². The van der Waals surface area contributed by atoms with E-state index in [4.69, 9.17) is 4.74 Å². The summed E-state index contributed by atoms with van der Waals surface area (Å²) >= 11 is 2.42. The molecule has 0 unspecified atom stereocenters. The molecular formula is C27H22N4O4S2. The number of hydrogen-bond acceptors (Lipinski definition) is 7. The van der Waals surface area contributed by atoms with Crippen molar-refractivity contribution in [2.45, 2.75) is 0 Å². The fraction of sp³-hybridized carbons (Fsp3) is 0.111. The second kappa shape index (κ2) is 10.9.